The summed E-state index contributed by atoms with van der Waals surface area (Å²) in [5, 5.41) is 0. The highest BCUT2D eigenvalue weighted by Gasteiger charge is 2.19. The molecule has 1 aliphatic rings. The van der Waals surface area contributed by atoms with Crippen LogP contribution in [0.5, 0.6) is 0 Å². The number of nitrogens with two attached hydrogens (primary N) is 1. The molecule has 2 N–H and O–H groups in total. The van der Waals surface area contributed by atoms with Crippen LogP contribution in [0, 0.1) is 0 Å². The van der Waals surface area contributed by atoms with Crippen LogP contribution in [0.15, 0.2) is 24.3 Å². The van der Waals surface area contributed by atoms with Crippen molar-refractivity contribution in [3.8, 4) is 0 Å². The third-order valence-corrected chi connectivity index (χ3v) is 4.96. The summed E-state index contributed by atoms with van der Waals surface area (Å²) >= 11 is 0. The van der Waals surface area contributed by atoms with Crippen molar-refractivity contribution in [2.24, 2.45) is 5.73 Å². The van der Waals surface area contributed by atoms with E-state index < -0.39 is 0 Å². The molecule has 0 aromatic heterocycles. The largest absolute Gasteiger partial charge is 0.323 e. The van der Waals surface area contributed by atoms with Gasteiger partial charge in [-0.25, -0.2) is 0 Å². The maximum absolute atomic E-state index is 6.43. The quantitative estimate of drug-likeness (QED) is 0.810. The Morgan fingerprint density at radius 2 is 1.52 bits per heavy atom. The minimum atomic E-state index is 0.125. The number of nitrogens with zero attached hydrogens (tertiary/aromatic N) is 1. The molecule has 2 nitrogen and oxygen atoms in total. The molecule has 1 aromatic carbocycles. The van der Waals surface area contributed by atoms with Crippen molar-refractivity contribution in [3.05, 3.63) is 35.4 Å². The van der Waals surface area contributed by atoms with Gasteiger partial charge in [0.1, 0.15) is 0 Å². The molecule has 1 fully saturated rings. The van der Waals surface area contributed by atoms with Crippen LogP contribution in [0.2, 0.25) is 0 Å². The van der Waals surface area contributed by atoms with Crippen molar-refractivity contribution in [1.82, 2.24) is 4.90 Å². The minimum absolute atomic E-state index is 0.125. The third-order valence-electron chi connectivity index (χ3n) is 4.96. The van der Waals surface area contributed by atoms with E-state index >= 15 is 0 Å². The van der Waals surface area contributed by atoms with Crippen molar-refractivity contribution in [3.63, 3.8) is 0 Å². The van der Waals surface area contributed by atoms with Crippen LogP contribution in [0.1, 0.15) is 75.5 Å². The van der Waals surface area contributed by atoms with Crippen molar-refractivity contribution < 1.29 is 0 Å². The predicted molar refractivity (Wildman–Crippen MR) is 91.6 cm³/mol. The van der Waals surface area contributed by atoms with Gasteiger partial charge in [0.25, 0.3) is 0 Å². The molecule has 1 aliphatic carbocycles. The average molecular weight is 288 g/mol. The Hall–Kier alpha value is -0.860. The molecule has 21 heavy (non-hydrogen) atoms. The zero-order chi connectivity index (χ0) is 15.2. The summed E-state index contributed by atoms with van der Waals surface area (Å²) in [6.45, 7) is 5.43. The normalized spacial score (nSPS) is 19.0. The lowest BCUT2D eigenvalue weighted by molar-refractivity contribution is 0.209. The molecular formula is C19H32N2. The number of hydrogen-bond acceptors (Lipinski definition) is 2. The van der Waals surface area contributed by atoms with Gasteiger partial charge in [0.05, 0.1) is 0 Å². The Kier molecular flexibility index (Phi) is 6.25. The van der Waals surface area contributed by atoms with Gasteiger partial charge in [0.2, 0.25) is 0 Å². The maximum Gasteiger partial charge on any atom is 0.0424 e. The first kappa shape index (κ1) is 16.5. The smallest absolute Gasteiger partial charge is 0.0424 e. The molecule has 0 aliphatic heterocycles. The van der Waals surface area contributed by atoms with E-state index in [9.17, 15) is 0 Å². The molecule has 2 heteroatoms. The summed E-state index contributed by atoms with van der Waals surface area (Å²) in [6.07, 6.45) is 8.27. The Morgan fingerprint density at radius 1 is 1.00 bits per heavy atom. The van der Waals surface area contributed by atoms with E-state index in [1.165, 1.54) is 49.7 Å². The van der Waals surface area contributed by atoms with E-state index in [1.807, 2.05) is 0 Å². The van der Waals surface area contributed by atoms with Crippen LogP contribution < -0.4 is 5.73 Å². The zero-order valence-electron chi connectivity index (χ0n) is 14.0. The first-order valence-corrected chi connectivity index (χ1v) is 8.63. The van der Waals surface area contributed by atoms with Gasteiger partial charge in [-0.2, -0.15) is 0 Å². The molecule has 0 saturated heterocycles. The topological polar surface area (TPSA) is 29.3 Å². The first-order chi connectivity index (χ1) is 10.1. The van der Waals surface area contributed by atoms with Gasteiger partial charge in [-0.1, -0.05) is 63.8 Å². The lowest BCUT2D eigenvalue weighted by Crippen LogP contribution is -2.37. The second kappa shape index (κ2) is 7.95. The van der Waals surface area contributed by atoms with Crippen LogP contribution in [0.25, 0.3) is 0 Å². The van der Waals surface area contributed by atoms with Gasteiger partial charge >= 0.3 is 0 Å². The van der Waals surface area contributed by atoms with Gasteiger partial charge in [-0.05, 0) is 36.9 Å². The van der Waals surface area contributed by atoms with E-state index in [2.05, 4.69) is 50.1 Å². The van der Waals surface area contributed by atoms with E-state index in [0.717, 1.165) is 12.6 Å². The number of hydrogen-bond donors (Lipinski definition) is 1. The highest BCUT2D eigenvalue weighted by atomic mass is 15.1. The minimum Gasteiger partial charge on any atom is -0.323 e. The fourth-order valence-electron chi connectivity index (χ4n) is 3.39. The van der Waals surface area contributed by atoms with Crippen molar-refractivity contribution >= 4 is 0 Å². The van der Waals surface area contributed by atoms with Crippen LogP contribution in [0.4, 0.5) is 0 Å². The van der Waals surface area contributed by atoms with E-state index in [0.29, 0.717) is 5.92 Å². The lowest BCUT2D eigenvalue weighted by atomic mass is 9.98. The summed E-state index contributed by atoms with van der Waals surface area (Å²) in [6, 6.07) is 9.73. The standard InChI is InChI=1S/C19H32N2/c1-15(2)16-10-12-17(13-11-16)19(20)14-21(3)18-8-6-4-5-7-9-18/h10-13,15,18-19H,4-9,14,20H2,1-3H3. The molecule has 1 unspecified atom stereocenters. The van der Waals surface area contributed by atoms with Crippen LogP contribution in [-0.4, -0.2) is 24.5 Å². The molecule has 0 heterocycles. The summed E-state index contributed by atoms with van der Waals surface area (Å²) in [5.41, 5.74) is 9.08. The highest BCUT2D eigenvalue weighted by molar-refractivity contribution is 5.26. The summed E-state index contributed by atoms with van der Waals surface area (Å²) in [7, 11) is 2.25. The molecule has 0 radical (unpaired) electrons. The average Bonchev–Trinajstić information content (AvgIpc) is 2.76. The Balaban J connectivity index is 1.91. The molecule has 0 spiro atoms. The van der Waals surface area contributed by atoms with Gasteiger partial charge in [-0.15, -0.1) is 0 Å². The monoisotopic (exact) mass is 288 g/mol. The predicted octanol–water partition coefficient (Wildman–Crippen LogP) is 4.46. The van der Waals surface area contributed by atoms with Crippen LogP contribution in [0.3, 0.4) is 0 Å². The van der Waals surface area contributed by atoms with Crippen molar-refractivity contribution in [2.45, 2.75) is 70.4 Å². The fraction of sp³-hybridized carbons (Fsp3) is 0.684. The SMILES string of the molecule is CC(C)c1ccc(C(N)CN(C)C2CCCCCC2)cc1. The Labute approximate surface area is 130 Å². The van der Waals surface area contributed by atoms with Gasteiger partial charge in [0.15, 0.2) is 0 Å². The first-order valence-electron chi connectivity index (χ1n) is 8.63. The summed E-state index contributed by atoms with van der Waals surface area (Å²) in [4.78, 5) is 2.49. The van der Waals surface area contributed by atoms with Crippen molar-refractivity contribution in [2.75, 3.05) is 13.6 Å². The number of likely N-dealkylation sites (N-methyl/N-ethyl adjacent to an activating group) is 1. The van der Waals surface area contributed by atoms with E-state index in [4.69, 9.17) is 5.73 Å². The van der Waals surface area contributed by atoms with Gasteiger partial charge in [-0.3, -0.25) is 0 Å². The Bertz CT molecular complexity index is 402. The van der Waals surface area contributed by atoms with Crippen LogP contribution in [-0.2, 0) is 0 Å². The molecular weight excluding hydrogens is 256 g/mol. The van der Waals surface area contributed by atoms with Gasteiger partial charge < -0.3 is 10.6 Å². The van der Waals surface area contributed by atoms with Crippen LogP contribution >= 0.6 is 0 Å². The molecule has 0 bridgehead atoms. The maximum atomic E-state index is 6.43. The molecule has 1 atom stereocenters. The Morgan fingerprint density at radius 3 is 2.05 bits per heavy atom. The van der Waals surface area contributed by atoms with E-state index in [1.54, 1.807) is 0 Å². The fourth-order valence-corrected chi connectivity index (χ4v) is 3.39. The number of rotatable bonds is 5. The molecule has 2 rings (SSSR count). The number of benzene rings is 1. The van der Waals surface area contributed by atoms with Gasteiger partial charge in [0, 0.05) is 18.6 Å². The second-order valence-electron chi connectivity index (χ2n) is 7.01. The molecule has 118 valence electrons. The van der Waals surface area contributed by atoms with Crippen molar-refractivity contribution in [1.29, 1.82) is 0 Å². The summed E-state index contributed by atoms with van der Waals surface area (Å²) < 4.78 is 0. The summed E-state index contributed by atoms with van der Waals surface area (Å²) in [5.74, 6) is 0.587. The second-order valence-corrected chi connectivity index (χ2v) is 7.01. The van der Waals surface area contributed by atoms with E-state index in [-0.39, 0.29) is 6.04 Å². The third kappa shape index (κ3) is 4.82. The zero-order valence-corrected chi connectivity index (χ0v) is 14.0. The molecule has 0 amide bonds. The molecule has 1 saturated carbocycles. The molecule has 1 aromatic rings. The lowest BCUT2D eigenvalue weighted by Gasteiger charge is -2.29. The highest BCUT2D eigenvalue weighted by Crippen LogP contribution is 2.23.